The van der Waals surface area contributed by atoms with Gasteiger partial charge in [-0.3, -0.25) is 4.79 Å². The van der Waals surface area contributed by atoms with Gasteiger partial charge in [0.15, 0.2) is 0 Å². The minimum atomic E-state index is -0.603. The van der Waals surface area contributed by atoms with Gasteiger partial charge in [-0.15, -0.1) is 0 Å². The van der Waals surface area contributed by atoms with Crippen molar-refractivity contribution in [3.8, 4) is 6.07 Å². The molecule has 1 rings (SSSR count). The average molecular weight is 315 g/mol. The summed E-state index contributed by atoms with van der Waals surface area (Å²) in [7, 11) is 0. The topological polar surface area (TPSA) is 85.2 Å². The lowest BCUT2D eigenvalue weighted by atomic mass is 9.98. The van der Waals surface area contributed by atoms with Gasteiger partial charge in [-0.25, -0.2) is 0 Å². The standard InChI is InChI=1S/C18H25N3O2/c1-12(2)15-8-6-7-13(3)16(15)21-17(23)14(9-19)10-20-18(4,5)11-22/h6-8,10,12,20,22H,11H2,1-5H3,(H,21,23)/b14-10-. The normalized spacial score (nSPS) is 12.0. The SMILES string of the molecule is Cc1cccc(C(C)C)c1NC(=O)/C(C#N)=C\NC(C)(C)CO. The molecular formula is C18H25N3O2. The van der Waals surface area contributed by atoms with Gasteiger partial charge < -0.3 is 15.7 Å². The predicted octanol–water partition coefficient (Wildman–Crippen LogP) is 2.82. The van der Waals surface area contributed by atoms with Crippen molar-refractivity contribution in [2.24, 2.45) is 0 Å². The van der Waals surface area contributed by atoms with E-state index in [1.807, 2.05) is 31.2 Å². The number of para-hydroxylation sites is 1. The molecule has 5 heteroatoms. The maximum atomic E-state index is 12.4. The molecule has 0 aliphatic heterocycles. The van der Waals surface area contributed by atoms with Gasteiger partial charge in [0, 0.05) is 11.9 Å². The third kappa shape index (κ3) is 5.11. The van der Waals surface area contributed by atoms with Crippen LogP contribution in [-0.4, -0.2) is 23.2 Å². The molecule has 5 nitrogen and oxygen atoms in total. The minimum Gasteiger partial charge on any atom is -0.394 e. The van der Waals surface area contributed by atoms with E-state index in [-0.39, 0.29) is 18.1 Å². The second-order valence-corrected chi connectivity index (χ2v) is 6.50. The lowest BCUT2D eigenvalue weighted by Gasteiger charge is -2.22. The molecule has 0 atom stereocenters. The molecule has 0 aromatic heterocycles. The van der Waals surface area contributed by atoms with Crippen molar-refractivity contribution in [1.29, 1.82) is 5.26 Å². The second-order valence-electron chi connectivity index (χ2n) is 6.50. The monoisotopic (exact) mass is 315 g/mol. The van der Waals surface area contributed by atoms with Crippen LogP contribution >= 0.6 is 0 Å². The van der Waals surface area contributed by atoms with Crippen molar-refractivity contribution in [2.75, 3.05) is 11.9 Å². The molecule has 0 saturated carbocycles. The van der Waals surface area contributed by atoms with E-state index in [1.54, 1.807) is 13.8 Å². The number of hydrogen-bond acceptors (Lipinski definition) is 4. The van der Waals surface area contributed by atoms with E-state index in [2.05, 4.69) is 24.5 Å². The lowest BCUT2D eigenvalue weighted by Crippen LogP contribution is -2.39. The molecule has 124 valence electrons. The highest BCUT2D eigenvalue weighted by Crippen LogP contribution is 2.27. The van der Waals surface area contributed by atoms with E-state index >= 15 is 0 Å². The first-order valence-corrected chi connectivity index (χ1v) is 7.61. The summed E-state index contributed by atoms with van der Waals surface area (Å²) in [5, 5.41) is 24.1. The number of aryl methyl sites for hydroxylation is 1. The molecule has 0 heterocycles. The second kappa shape index (κ2) is 7.80. The van der Waals surface area contributed by atoms with E-state index in [1.165, 1.54) is 6.20 Å². The number of benzene rings is 1. The molecule has 0 unspecified atom stereocenters. The molecule has 0 saturated heterocycles. The molecule has 1 aromatic rings. The number of carbonyl (C=O) groups is 1. The highest BCUT2D eigenvalue weighted by atomic mass is 16.3. The third-order valence-corrected chi connectivity index (χ3v) is 3.53. The van der Waals surface area contributed by atoms with Crippen LogP contribution in [0.1, 0.15) is 44.7 Å². The van der Waals surface area contributed by atoms with Gasteiger partial charge in [0.05, 0.1) is 12.1 Å². The van der Waals surface area contributed by atoms with Crippen LogP contribution in [0, 0.1) is 18.3 Å². The molecule has 0 aliphatic carbocycles. The summed E-state index contributed by atoms with van der Waals surface area (Å²) in [4.78, 5) is 12.4. The fourth-order valence-electron chi connectivity index (χ4n) is 1.98. The van der Waals surface area contributed by atoms with Gasteiger partial charge in [0.2, 0.25) is 0 Å². The van der Waals surface area contributed by atoms with Crippen molar-refractivity contribution in [1.82, 2.24) is 5.32 Å². The maximum absolute atomic E-state index is 12.4. The lowest BCUT2D eigenvalue weighted by molar-refractivity contribution is -0.112. The Bertz CT molecular complexity index is 640. The Morgan fingerprint density at radius 3 is 2.61 bits per heavy atom. The summed E-state index contributed by atoms with van der Waals surface area (Å²) in [5.74, 6) is -0.212. The van der Waals surface area contributed by atoms with Crippen LogP contribution in [0.5, 0.6) is 0 Å². The van der Waals surface area contributed by atoms with Gasteiger partial charge in [0.1, 0.15) is 11.6 Å². The largest absolute Gasteiger partial charge is 0.394 e. The van der Waals surface area contributed by atoms with E-state index in [9.17, 15) is 15.2 Å². The maximum Gasteiger partial charge on any atom is 0.267 e. The molecule has 23 heavy (non-hydrogen) atoms. The van der Waals surface area contributed by atoms with Gasteiger partial charge in [-0.1, -0.05) is 32.0 Å². The number of hydrogen-bond donors (Lipinski definition) is 3. The van der Waals surface area contributed by atoms with Crippen molar-refractivity contribution in [3.05, 3.63) is 41.1 Å². The molecule has 0 spiro atoms. The Kier molecular flexibility index (Phi) is 6.35. The number of nitriles is 1. The van der Waals surface area contributed by atoms with E-state index in [4.69, 9.17) is 0 Å². The smallest absolute Gasteiger partial charge is 0.267 e. The first kappa shape index (κ1) is 18.7. The Labute approximate surface area is 138 Å². The number of aliphatic hydroxyl groups excluding tert-OH is 1. The molecule has 0 radical (unpaired) electrons. The number of rotatable bonds is 6. The number of nitrogens with one attached hydrogen (secondary N) is 2. The number of amides is 1. The number of aliphatic hydroxyl groups is 1. The summed E-state index contributed by atoms with van der Waals surface area (Å²) in [5.41, 5.74) is 2.08. The summed E-state index contributed by atoms with van der Waals surface area (Å²) in [6.07, 6.45) is 1.35. The molecule has 0 aliphatic rings. The quantitative estimate of drug-likeness (QED) is 0.556. The number of nitrogens with zero attached hydrogens (tertiary/aromatic N) is 1. The zero-order valence-corrected chi connectivity index (χ0v) is 14.4. The molecule has 0 fully saturated rings. The van der Waals surface area contributed by atoms with Crippen LogP contribution in [0.3, 0.4) is 0 Å². The first-order valence-electron chi connectivity index (χ1n) is 7.61. The van der Waals surface area contributed by atoms with Gasteiger partial charge in [0.25, 0.3) is 5.91 Å². The Hall–Kier alpha value is -2.32. The Morgan fingerprint density at radius 1 is 1.43 bits per heavy atom. The highest BCUT2D eigenvalue weighted by molar-refractivity contribution is 6.07. The molecular weight excluding hydrogens is 290 g/mol. The van der Waals surface area contributed by atoms with Crippen LogP contribution in [-0.2, 0) is 4.79 Å². The Morgan fingerprint density at radius 2 is 2.09 bits per heavy atom. The third-order valence-electron chi connectivity index (χ3n) is 3.53. The van der Waals surface area contributed by atoms with E-state index in [0.717, 1.165) is 16.8 Å². The van der Waals surface area contributed by atoms with E-state index < -0.39 is 11.4 Å². The molecule has 0 bridgehead atoms. The van der Waals surface area contributed by atoms with Gasteiger partial charge in [-0.05, 0) is 37.8 Å². The van der Waals surface area contributed by atoms with Crippen LogP contribution in [0.4, 0.5) is 5.69 Å². The van der Waals surface area contributed by atoms with Crippen molar-refractivity contribution in [2.45, 2.75) is 46.1 Å². The summed E-state index contributed by atoms with van der Waals surface area (Å²) in [6.45, 7) is 9.46. The Balaban J connectivity index is 3.03. The molecule has 1 amide bonds. The molecule has 3 N–H and O–H groups in total. The van der Waals surface area contributed by atoms with Crippen LogP contribution < -0.4 is 10.6 Å². The van der Waals surface area contributed by atoms with Crippen LogP contribution in [0.2, 0.25) is 0 Å². The number of anilines is 1. The zero-order chi connectivity index (χ0) is 17.6. The van der Waals surface area contributed by atoms with Crippen molar-refractivity contribution < 1.29 is 9.90 Å². The fourth-order valence-corrected chi connectivity index (χ4v) is 1.98. The van der Waals surface area contributed by atoms with Crippen LogP contribution in [0.25, 0.3) is 0 Å². The first-order chi connectivity index (χ1) is 10.7. The highest BCUT2D eigenvalue weighted by Gasteiger charge is 2.18. The van der Waals surface area contributed by atoms with E-state index in [0.29, 0.717) is 0 Å². The zero-order valence-electron chi connectivity index (χ0n) is 14.4. The van der Waals surface area contributed by atoms with Crippen molar-refractivity contribution in [3.63, 3.8) is 0 Å². The summed E-state index contributed by atoms with van der Waals surface area (Å²) < 4.78 is 0. The predicted molar refractivity (Wildman–Crippen MR) is 91.9 cm³/mol. The minimum absolute atomic E-state index is 0.0375. The van der Waals surface area contributed by atoms with Gasteiger partial charge in [-0.2, -0.15) is 5.26 Å². The van der Waals surface area contributed by atoms with Crippen LogP contribution in [0.15, 0.2) is 30.0 Å². The summed E-state index contributed by atoms with van der Waals surface area (Å²) in [6, 6.07) is 7.73. The fraction of sp³-hybridized carbons (Fsp3) is 0.444. The van der Waals surface area contributed by atoms with Gasteiger partial charge >= 0.3 is 0 Å². The summed E-state index contributed by atoms with van der Waals surface area (Å²) >= 11 is 0. The number of carbonyl (C=O) groups excluding carboxylic acids is 1. The average Bonchev–Trinajstić information content (AvgIpc) is 2.49. The van der Waals surface area contributed by atoms with Crippen molar-refractivity contribution >= 4 is 11.6 Å². The molecule has 1 aromatic carbocycles.